The van der Waals surface area contributed by atoms with Crippen molar-refractivity contribution in [2.24, 2.45) is 5.92 Å². The topological polar surface area (TPSA) is 75.6 Å². The van der Waals surface area contributed by atoms with Gasteiger partial charge in [0.2, 0.25) is 0 Å². The maximum Gasteiger partial charge on any atom is 0.326 e. The average molecular weight is 369 g/mol. The van der Waals surface area contributed by atoms with Gasteiger partial charge in [0.15, 0.2) is 6.61 Å². The Morgan fingerprint density at radius 2 is 1.77 bits per heavy atom. The predicted octanol–water partition coefficient (Wildman–Crippen LogP) is 3.64. The number of hydrogen-bond donors (Lipinski definition) is 2. The fourth-order valence-electron chi connectivity index (χ4n) is 1.69. The second-order valence-electron chi connectivity index (χ2n) is 5.08. The van der Waals surface area contributed by atoms with Crippen molar-refractivity contribution in [1.82, 2.24) is 5.32 Å². The van der Waals surface area contributed by atoms with Crippen LogP contribution in [-0.2, 0) is 9.59 Å². The van der Waals surface area contributed by atoms with Gasteiger partial charge in [0.05, 0.1) is 15.1 Å². The fourth-order valence-corrected chi connectivity index (χ4v) is 2.27. The van der Waals surface area contributed by atoms with E-state index in [0.29, 0.717) is 6.42 Å². The number of nitrogens with one attached hydrogen (secondary N) is 1. The van der Waals surface area contributed by atoms with Gasteiger partial charge in [-0.15, -0.1) is 0 Å². The summed E-state index contributed by atoms with van der Waals surface area (Å²) in [6.07, 6.45) is 0.333. The Morgan fingerprint density at radius 1 is 1.23 bits per heavy atom. The number of amides is 1. The van der Waals surface area contributed by atoms with Gasteiger partial charge in [-0.05, 0) is 12.3 Å². The molecule has 1 aromatic carbocycles. The molecular formula is C14H16Cl3NO4. The molecule has 122 valence electrons. The van der Waals surface area contributed by atoms with E-state index in [1.54, 1.807) is 0 Å². The monoisotopic (exact) mass is 367 g/mol. The lowest BCUT2D eigenvalue weighted by molar-refractivity contribution is -0.142. The van der Waals surface area contributed by atoms with Crippen LogP contribution in [0, 0.1) is 5.92 Å². The van der Waals surface area contributed by atoms with Crippen molar-refractivity contribution in [3.63, 3.8) is 0 Å². The molecule has 0 aliphatic heterocycles. The summed E-state index contributed by atoms with van der Waals surface area (Å²) in [4.78, 5) is 22.8. The lowest BCUT2D eigenvalue weighted by Crippen LogP contribution is -2.43. The predicted molar refractivity (Wildman–Crippen MR) is 86.0 cm³/mol. The molecule has 0 bridgehead atoms. The van der Waals surface area contributed by atoms with Gasteiger partial charge < -0.3 is 15.2 Å². The van der Waals surface area contributed by atoms with Crippen LogP contribution in [0.3, 0.4) is 0 Å². The summed E-state index contributed by atoms with van der Waals surface area (Å²) in [7, 11) is 0. The molecular weight excluding hydrogens is 353 g/mol. The minimum absolute atomic E-state index is 0.135. The molecule has 0 spiro atoms. The average Bonchev–Trinajstić information content (AvgIpc) is 2.41. The molecule has 0 aliphatic rings. The van der Waals surface area contributed by atoms with Gasteiger partial charge in [-0.3, -0.25) is 4.79 Å². The Labute approximate surface area is 143 Å². The van der Waals surface area contributed by atoms with E-state index >= 15 is 0 Å². The maximum atomic E-state index is 11.8. The molecule has 1 amide bonds. The smallest absolute Gasteiger partial charge is 0.326 e. The number of hydrogen-bond acceptors (Lipinski definition) is 3. The van der Waals surface area contributed by atoms with Crippen molar-refractivity contribution >= 4 is 46.7 Å². The summed E-state index contributed by atoms with van der Waals surface area (Å²) in [5, 5.41) is 12.1. The summed E-state index contributed by atoms with van der Waals surface area (Å²) < 4.78 is 5.24. The number of ether oxygens (including phenoxy) is 1. The molecule has 5 nitrogen and oxygen atoms in total. The number of carboxylic acid groups (broad SMARTS) is 1. The second kappa shape index (κ2) is 8.46. The molecule has 0 saturated heterocycles. The van der Waals surface area contributed by atoms with Crippen molar-refractivity contribution in [2.45, 2.75) is 26.3 Å². The van der Waals surface area contributed by atoms with Gasteiger partial charge in [-0.1, -0.05) is 48.7 Å². The van der Waals surface area contributed by atoms with Crippen molar-refractivity contribution in [3.05, 3.63) is 27.2 Å². The third-order valence-corrected chi connectivity index (χ3v) is 3.86. The summed E-state index contributed by atoms with van der Waals surface area (Å²) >= 11 is 17.5. The van der Waals surface area contributed by atoms with Crippen LogP contribution in [0.5, 0.6) is 5.75 Å². The molecule has 1 atom stereocenters. The number of rotatable bonds is 7. The molecule has 0 saturated carbocycles. The molecule has 22 heavy (non-hydrogen) atoms. The molecule has 0 aliphatic carbocycles. The van der Waals surface area contributed by atoms with Crippen LogP contribution in [-0.4, -0.2) is 29.6 Å². The summed E-state index contributed by atoms with van der Waals surface area (Å²) in [5.74, 6) is -1.23. The number of carbonyl (C=O) groups excluding carboxylic acids is 1. The van der Waals surface area contributed by atoms with E-state index in [1.165, 1.54) is 12.1 Å². The summed E-state index contributed by atoms with van der Waals surface area (Å²) in [6, 6.07) is 1.89. The SMILES string of the molecule is CC(C)CC(NC(=O)COc1cc(Cl)c(Cl)c(Cl)c1)C(=O)O. The van der Waals surface area contributed by atoms with E-state index in [1.807, 2.05) is 13.8 Å². The van der Waals surface area contributed by atoms with Crippen LogP contribution in [0.15, 0.2) is 12.1 Å². The zero-order valence-electron chi connectivity index (χ0n) is 12.0. The summed E-state index contributed by atoms with van der Waals surface area (Å²) in [5.41, 5.74) is 0. The van der Waals surface area contributed by atoms with Crippen molar-refractivity contribution in [3.8, 4) is 5.75 Å². The highest BCUT2D eigenvalue weighted by molar-refractivity contribution is 6.48. The lowest BCUT2D eigenvalue weighted by Gasteiger charge is -2.16. The Kier molecular flexibility index (Phi) is 7.26. The van der Waals surface area contributed by atoms with Crippen LogP contribution in [0.2, 0.25) is 15.1 Å². The van der Waals surface area contributed by atoms with E-state index in [-0.39, 0.29) is 33.3 Å². The van der Waals surface area contributed by atoms with E-state index in [0.717, 1.165) is 0 Å². The molecule has 0 heterocycles. The zero-order valence-corrected chi connectivity index (χ0v) is 14.3. The van der Waals surface area contributed by atoms with Crippen LogP contribution in [0.4, 0.5) is 0 Å². The van der Waals surface area contributed by atoms with Crippen molar-refractivity contribution < 1.29 is 19.4 Å². The summed E-state index contributed by atoms with van der Waals surface area (Å²) in [6.45, 7) is 3.39. The molecule has 1 unspecified atom stereocenters. The number of benzene rings is 1. The highest BCUT2D eigenvalue weighted by Crippen LogP contribution is 2.34. The Hall–Kier alpha value is -1.17. The molecule has 0 aromatic heterocycles. The maximum absolute atomic E-state index is 11.8. The molecule has 2 N–H and O–H groups in total. The number of carbonyl (C=O) groups is 2. The lowest BCUT2D eigenvalue weighted by atomic mass is 10.0. The Morgan fingerprint density at radius 3 is 2.23 bits per heavy atom. The number of halogens is 3. The first-order chi connectivity index (χ1) is 10.2. The molecule has 1 rings (SSSR count). The minimum atomic E-state index is -1.08. The highest BCUT2D eigenvalue weighted by Gasteiger charge is 2.21. The Balaban J connectivity index is 2.60. The van der Waals surface area contributed by atoms with Crippen molar-refractivity contribution in [1.29, 1.82) is 0 Å². The number of carboxylic acids is 1. The second-order valence-corrected chi connectivity index (χ2v) is 6.27. The molecule has 8 heteroatoms. The van der Waals surface area contributed by atoms with Gasteiger partial charge in [-0.2, -0.15) is 0 Å². The molecule has 0 radical (unpaired) electrons. The fraction of sp³-hybridized carbons (Fsp3) is 0.429. The van der Waals surface area contributed by atoms with Gasteiger partial charge in [-0.25, -0.2) is 4.79 Å². The molecule has 1 aromatic rings. The van der Waals surface area contributed by atoms with Gasteiger partial charge in [0.25, 0.3) is 5.91 Å². The molecule has 0 fully saturated rings. The van der Waals surface area contributed by atoms with Crippen LogP contribution < -0.4 is 10.1 Å². The quantitative estimate of drug-likeness (QED) is 0.720. The van der Waals surface area contributed by atoms with Crippen LogP contribution >= 0.6 is 34.8 Å². The van der Waals surface area contributed by atoms with Gasteiger partial charge >= 0.3 is 5.97 Å². The van der Waals surface area contributed by atoms with E-state index < -0.39 is 17.9 Å². The standard InChI is InChI=1S/C14H16Cl3NO4/c1-7(2)3-11(14(20)21)18-12(19)6-22-8-4-9(15)13(17)10(16)5-8/h4-5,7,11H,3,6H2,1-2H3,(H,18,19)(H,20,21). The van der Waals surface area contributed by atoms with Crippen LogP contribution in [0.1, 0.15) is 20.3 Å². The van der Waals surface area contributed by atoms with Crippen molar-refractivity contribution in [2.75, 3.05) is 6.61 Å². The highest BCUT2D eigenvalue weighted by atomic mass is 35.5. The third kappa shape index (κ3) is 5.91. The Bertz CT molecular complexity index is 540. The number of aliphatic carboxylic acids is 1. The van der Waals surface area contributed by atoms with Crippen LogP contribution in [0.25, 0.3) is 0 Å². The van der Waals surface area contributed by atoms with Gasteiger partial charge in [0.1, 0.15) is 11.8 Å². The largest absolute Gasteiger partial charge is 0.484 e. The van der Waals surface area contributed by atoms with E-state index in [4.69, 9.17) is 44.6 Å². The van der Waals surface area contributed by atoms with E-state index in [9.17, 15) is 9.59 Å². The first kappa shape index (κ1) is 18.9. The minimum Gasteiger partial charge on any atom is -0.484 e. The first-order valence-corrected chi connectivity index (χ1v) is 7.63. The zero-order chi connectivity index (χ0) is 16.9. The normalized spacial score (nSPS) is 12.1. The van der Waals surface area contributed by atoms with E-state index in [2.05, 4.69) is 5.32 Å². The van der Waals surface area contributed by atoms with Gasteiger partial charge in [0, 0.05) is 12.1 Å². The third-order valence-electron chi connectivity index (χ3n) is 2.67. The first-order valence-electron chi connectivity index (χ1n) is 6.50.